The smallest absolute Gasteiger partial charge is 0.225 e. The Balaban J connectivity index is 1.66. The second-order valence-electron chi connectivity index (χ2n) is 5.41. The molecule has 1 aliphatic carbocycles. The SMILES string of the molecule is [N-]=[N+]=Nc1ccc(N2CCN(C(=O)C3CC3)CC2)c(F)c1. The fraction of sp³-hybridized carbons (Fsp3) is 0.500. The quantitative estimate of drug-likeness (QED) is 0.487. The van der Waals surface area contributed by atoms with Gasteiger partial charge in [-0.1, -0.05) is 11.2 Å². The van der Waals surface area contributed by atoms with E-state index in [1.54, 1.807) is 12.1 Å². The van der Waals surface area contributed by atoms with Crippen LogP contribution >= 0.6 is 0 Å². The summed E-state index contributed by atoms with van der Waals surface area (Å²) < 4.78 is 14.0. The molecule has 0 radical (unpaired) electrons. The first-order chi connectivity index (χ1) is 10.2. The lowest BCUT2D eigenvalue weighted by Crippen LogP contribution is -2.49. The van der Waals surface area contributed by atoms with Crippen LogP contribution in [0.3, 0.4) is 0 Å². The third-order valence-corrected chi connectivity index (χ3v) is 3.95. The molecule has 3 rings (SSSR count). The highest BCUT2D eigenvalue weighted by Crippen LogP contribution is 2.32. The van der Waals surface area contributed by atoms with E-state index in [0.29, 0.717) is 31.9 Å². The van der Waals surface area contributed by atoms with Gasteiger partial charge >= 0.3 is 0 Å². The van der Waals surface area contributed by atoms with E-state index in [4.69, 9.17) is 5.53 Å². The number of piperazine rings is 1. The van der Waals surface area contributed by atoms with Crippen molar-refractivity contribution in [1.82, 2.24) is 4.90 Å². The van der Waals surface area contributed by atoms with Gasteiger partial charge in [0.2, 0.25) is 5.91 Å². The van der Waals surface area contributed by atoms with Crippen LogP contribution in [0, 0.1) is 11.7 Å². The molecule has 1 amide bonds. The monoisotopic (exact) mass is 289 g/mol. The molecular weight excluding hydrogens is 273 g/mol. The van der Waals surface area contributed by atoms with E-state index < -0.39 is 5.82 Å². The van der Waals surface area contributed by atoms with Crippen molar-refractivity contribution in [3.63, 3.8) is 0 Å². The number of nitrogens with zero attached hydrogens (tertiary/aromatic N) is 5. The summed E-state index contributed by atoms with van der Waals surface area (Å²) in [5.41, 5.74) is 9.10. The highest BCUT2D eigenvalue weighted by atomic mass is 19.1. The van der Waals surface area contributed by atoms with Crippen molar-refractivity contribution in [3.05, 3.63) is 34.5 Å². The summed E-state index contributed by atoms with van der Waals surface area (Å²) in [5, 5.41) is 3.38. The van der Waals surface area contributed by atoms with Crippen molar-refractivity contribution in [3.8, 4) is 0 Å². The van der Waals surface area contributed by atoms with Gasteiger partial charge in [0.1, 0.15) is 5.82 Å². The highest BCUT2D eigenvalue weighted by molar-refractivity contribution is 5.81. The fourth-order valence-electron chi connectivity index (χ4n) is 2.62. The molecular formula is C14H16FN5O. The molecule has 0 unspecified atom stereocenters. The van der Waals surface area contributed by atoms with Gasteiger partial charge in [0.05, 0.1) is 5.69 Å². The minimum Gasteiger partial charge on any atom is -0.366 e. The molecule has 6 nitrogen and oxygen atoms in total. The summed E-state index contributed by atoms with van der Waals surface area (Å²) in [5.74, 6) is 0.0760. The van der Waals surface area contributed by atoms with E-state index in [1.165, 1.54) is 6.07 Å². The maximum Gasteiger partial charge on any atom is 0.225 e. The zero-order chi connectivity index (χ0) is 14.8. The molecule has 7 heteroatoms. The molecule has 0 atom stereocenters. The Morgan fingerprint density at radius 3 is 2.57 bits per heavy atom. The summed E-state index contributed by atoms with van der Waals surface area (Å²) in [6.45, 7) is 2.51. The molecule has 1 aromatic rings. The molecule has 2 aliphatic rings. The number of benzene rings is 1. The molecule has 2 fully saturated rings. The predicted octanol–water partition coefficient (Wildman–Crippen LogP) is 2.83. The van der Waals surface area contributed by atoms with E-state index in [2.05, 4.69) is 10.0 Å². The molecule has 0 spiro atoms. The lowest BCUT2D eigenvalue weighted by molar-refractivity contribution is -0.132. The first-order valence-corrected chi connectivity index (χ1v) is 7.07. The van der Waals surface area contributed by atoms with Crippen LogP contribution in [0.4, 0.5) is 15.8 Å². The zero-order valence-corrected chi connectivity index (χ0v) is 11.6. The Morgan fingerprint density at radius 2 is 2.00 bits per heavy atom. The van der Waals surface area contributed by atoms with Crippen molar-refractivity contribution in [2.75, 3.05) is 31.1 Å². The van der Waals surface area contributed by atoms with Crippen molar-refractivity contribution in [1.29, 1.82) is 0 Å². The average molecular weight is 289 g/mol. The Kier molecular flexibility index (Phi) is 3.66. The van der Waals surface area contributed by atoms with Gasteiger partial charge in [-0.05, 0) is 30.5 Å². The van der Waals surface area contributed by atoms with Crippen LogP contribution in [-0.4, -0.2) is 37.0 Å². The van der Waals surface area contributed by atoms with E-state index in [-0.39, 0.29) is 17.5 Å². The molecule has 1 heterocycles. The Bertz CT molecular complexity index is 601. The first kappa shape index (κ1) is 13.7. The number of carbonyl (C=O) groups excluding carboxylic acids is 1. The minimum absolute atomic E-state index is 0.233. The molecule has 0 N–H and O–H groups in total. The number of carbonyl (C=O) groups is 1. The molecule has 1 saturated carbocycles. The number of rotatable bonds is 3. The number of halogens is 1. The van der Waals surface area contributed by atoms with Gasteiger partial charge in [0.25, 0.3) is 0 Å². The zero-order valence-electron chi connectivity index (χ0n) is 11.6. The lowest BCUT2D eigenvalue weighted by Gasteiger charge is -2.36. The van der Waals surface area contributed by atoms with E-state index >= 15 is 0 Å². The normalized spacial score (nSPS) is 18.3. The van der Waals surface area contributed by atoms with Crippen LogP contribution in [0.5, 0.6) is 0 Å². The summed E-state index contributed by atoms with van der Waals surface area (Å²) in [6.07, 6.45) is 2.02. The Hall–Kier alpha value is -2.27. The fourth-order valence-corrected chi connectivity index (χ4v) is 2.62. The van der Waals surface area contributed by atoms with Gasteiger partial charge in [-0.2, -0.15) is 0 Å². The van der Waals surface area contributed by atoms with E-state index in [0.717, 1.165) is 12.8 Å². The number of amides is 1. The average Bonchev–Trinajstić information content (AvgIpc) is 3.32. The second-order valence-corrected chi connectivity index (χ2v) is 5.41. The highest BCUT2D eigenvalue weighted by Gasteiger charge is 2.34. The Morgan fingerprint density at radius 1 is 1.29 bits per heavy atom. The standard InChI is InChI=1S/C14H16FN5O/c15-12-9-11(17-18-16)3-4-13(12)19-5-7-20(8-6-19)14(21)10-1-2-10/h3-4,9-10H,1-2,5-8H2. The van der Waals surface area contributed by atoms with E-state index in [1.807, 2.05) is 9.80 Å². The predicted molar refractivity (Wildman–Crippen MR) is 76.7 cm³/mol. The number of hydrogen-bond donors (Lipinski definition) is 0. The van der Waals surface area contributed by atoms with Crippen LogP contribution in [0.25, 0.3) is 10.4 Å². The maximum absolute atomic E-state index is 14.0. The molecule has 110 valence electrons. The first-order valence-electron chi connectivity index (χ1n) is 7.07. The molecule has 1 aromatic carbocycles. The lowest BCUT2D eigenvalue weighted by atomic mass is 10.2. The minimum atomic E-state index is -0.401. The topological polar surface area (TPSA) is 72.3 Å². The van der Waals surface area contributed by atoms with Crippen molar-refractivity contribution >= 4 is 17.3 Å². The van der Waals surface area contributed by atoms with Crippen LogP contribution in [0.1, 0.15) is 12.8 Å². The largest absolute Gasteiger partial charge is 0.366 e. The van der Waals surface area contributed by atoms with Gasteiger partial charge in [-0.25, -0.2) is 4.39 Å². The number of hydrogen-bond acceptors (Lipinski definition) is 3. The second kappa shape index (κ2) is 5.61. The third kappa shape index (κ3) is 2.92. The van der Waals surface area contributed by atoms with Crippen LogP contribution < -0.4 is 4.90 Å². The Labute approximate surface area is 121 Å². The summed E-state index contributed by atoms with van der Waals surface area (Å²) in [6, 6.07) is 4.45. The van der Waals surface area contributed by atoms with Crippen molar-refractivity contribution in [2.45, 2.75) is 12.8 Å². The summed E-state index contributed by atoms with van der Waals surface area (Å²) in [4.78, 5) is 18.4. The molecule has 21 heavy (non-hydrogen) atoms. The van der Waals surface area contributed by atoms with Gasteiger partial charge in [-0.3, -0.25) is 4.79 Å². The van der Waals surface area contributed by atoms with Crippen LogP contribution in [0.2, 0.25) is 0 Å². The van der Waals surface area contributed by atoms with Gasteiger partial charge < -0.3 is 9.80 Å². The summed E-state index contributed by atoms with van der Waals surface area (Å²) in [7, 11) is 0. The van der Waals surface area contributed by atoms with E-state index in [9.17, 15) is 9.18 Å². The van der Waals surface area contributed by atoms with Crippen LogP contribution in [-0.2, 0) is 4.79 Å². The summed E-state index contributed by atoms with van der Waals surface area (Å²) >= 11 is 0. The number of azide groups is 1. The maximum atomic E-state index is 14.0. The van der Waals surface area contributed by atoms with Gasteiger partial charge in [-0.15, -0.1) is 0 Å². The molecule has 0 bridgehead atoms. The van der Waals surface area contributed by atoms with Crippen molar-refractivity contribution < 1.29 is 9.18 Å². The molecule has 1 saturated heterocycles. The van der Waals surface area contributed by atoms with Gasteiger partial charge in [0.15, 0.2) is 0 Å². The number of anilines is 1. The van der Waals surface area contributed by atoms with Crippen LogP contribution in [0.15, 0.2) is 23.3 Å². The molecule has 0 aromatic heterocycles. The van der Waals surface area contributed by atoms with Crippen molar-refractivity contribution in [2.24, 2.45) is 11.0 Å². The van der Waals surface area contributed by atoms with Gasteiger partial charge in [0, 0.05) is 42.7 Å². The molecule has 1 aliphatic heterocycles. The third-order valence-electron chi connectivity index (χ3n) is 3.95.